The molecule has 0 unspecified atom stereocenters. The van der Waals surface area contributed by atoms with Crippen molar-refractivity contribution in [1.82, 2.24) is 10.5 Å². The van der Waals surface area contributed by atoms with Crippen molar-refractivity contribution in [3.05, 3.63) is 29.3 Å². The third-order valence-electron chi connectivity index (χ3n) is 2.70. The van der Waals surface area contributed by atoms with Gasteiger partial charge in [0.2, 0.25) is 0 Å². The maximum atomic E-state index is 11.9. The molecule has 0 fully saturated rings. The lowest BCUT2D eigenvalue weighted by molar-refractivity contribution is 0.0904. The van der Waals surface area contributed by atoms with Gasteiger partial charge in [0.05, 0.1) is 17.5 Å². The lowest BCUT2D eigenvalue weighted by atomic mass is 10.2. The van der Waals surface area contributed by atoms with Crippen LogP contribution in [0.3, 0.4) is 0 Å². The Morgan fingerprint density at radius 3 is 3.11 bits per heavy atom. The summed E-state index contributed by atoms with van der Waals surface area (Å²) in [7, 11) is 0. The molecule has 0 aliphatic heterocycles. The molecule has 0 saturated heterocycles. The van der Waals surface area contributed by atoms with E-state index in [1.54, 1.807) is 6.07 Å². The second kappa shape index (κ2) is 6.49. The molecular formula is C13H16N2O3S. The van der Waals surface area contributed by atoms with Crippen molar-refractivity contribution < 1.29 is 14.4 Å². The summed E-state index contributed by atoms with van der Waals surface area (Å²) < 4.78 is 5.14. The zero-order valence-corrected chi connectivity index (χ0v) is 11.4. The summed E-state index contributed by atoms with van der Waals surface area (Å²) in [6.45, 7) is 1.93. The molecule has 1 amide bonds. The van der Waals surface area contributed by atoms with Crippen LogP contribution in [0.15, 0.2) is 28.1 Å². The van der Waals surface area contributed by atoms with Gasteiger partial charge in [-0.15, -0.1) is 11.3 Å². The monoisotopic (exact) mass is 280 g/mol. The minimum atomic E-state index is -0.320. The number of thiophene rings is 1. The molecule has 2 rings (SSSR count). The molecule has 2 heterocycles. The third-order valence-corrected chi connectivity index (χ3v) is 3.58. The quantitative estimate of drug-likeness (QED) is 0.851. The smallest absolute Gasteiger partial charge is 0.273 e. The van der Waals surface area contributed by atoms with E-state index in [2.05, 4.69) is 10.5 Å². The first-order valence-electron chi connectivity index (χ1n) is 6.17. The lowest BCUT2D eigenvalue weighted by Crippen LogP contribution is -2.37. The zero-order chi connectivity index (χ0) is 13.7. The van der Waals surface area contributed by atoms with Crippen molar-refractivity contribution in [2.24, 2.45) is 0 Å². The Bertz CT molecular complexity index is 522. The van der Waals surface area contributed by atoms with E-state index in [0.717, 1.165) is 17.7 Å². The average Bonchev–Trinajstić information content (AvgIpc) is 3.08. The lowest BCUT2D eigenvalue weighted by Gasteiger charge is -2.13. The van der Waals surface area contributed by atoms with Gasteiger partial charge in [0.25, 0.3) is 5.91 Å². The van der Waals surface area contributed by atoms with Crippen molar-refractivity contribution in [3.63, 3.8) is 0 Å². The maximum Gasteiger partial charge on any atom is 0.273 e. The fraction of sp³-hybridized carbons (Fsp3) is 0.385. The Balaban J connectivity index is 2.04. The molecule has 102 valence electrons. The van der Waals surface area contributed by atoms with E-state index < -0.39 is 0 Å². The van der Waals surface area contributed by atoms with Gasteiger partial charge in [-0.2, -0.15) is 0 Å². The molecule has 19 heavy (non-hydrogen) atoms. The topological polar surface area (TPSA) is 75.4 Å². The predicted molar refractivity (Wildman–Crippen MR) is 73.1 cm³/mol. The number of hydrogen-bond donors (Lipinski definition) is 2. The van der Waals surface area contributed by atoms with E-state index in [1.165, 1.54) is 11.3 Å². The van der Waals surface area contributed by atoms with Gasteiger partial charge in [0.1, 0.15) is 0 Å². The minimum absolute atomic E-state index is 0.0742. The molecular weight excluding hydrogens is 264 g/mol. The second-order valence-electron chi connectivity index (χ2n) is 4.20. The molecule has 2 aromatic rings. The van der Waals surface area contributed by atoms with Crippen molar-refractivity contribution in [1.29, 1.82) is 0 Å². The van der Waals surface area contributed by atoms with Crippen molar-refractivity contribution in [2.75, 3.05) is 6.61 Å². The standard InChI is InChI=1S/C13H16N2O3S/c1-2-4-9(8-16)14-13(17)10-7-11(18-15-10)12-5-3-6-19-12/h3,5-7,9,16H,2,4,8H2,1H3,(H,14,17)/t9-/m0/s1. The molecule has 2 N–H and O–H groups in total. The van der Waals surface area contributed by atoms with E-state index in [-0.39, 0.29) is 24.2 Å². The number of hydrogen-bond acceptors (Lipinski definition) is 5. The zero-order valence-electron chi connectivity index (χ0n) is 10.6. The van der Waals surface area contributed by atoms with Crippen molar-refractivity contribution in [3.8, 4) is 10.6 Å². The second-order valence-corrected chi connectivity index (χ2v) is 5.14. The Kier molecular flexibility index (Phi) is 4.70. The SMILES string of the molecule is CCC[C@@H](CO)NC(=O)c1cc(-c2cccs2)on1. The Labute approximate surface area is 115 Å². The highest BCUT2D eigenvalue weighted by Gasteiger charge is 2.17. The summed E-state index contributed by atoms with van der Waals surface area (Å²) >= 11 is 1.52. The number of aromatic nitrogens is 1. The molecule has 1 atom stereocenters. The maximum absolute atomic E-state index is 11.9. The number of nitrogens with zero attached hydrogens (tertiary/aromatic N) is 1. The third kappa shape index (κ3) is 3.42. The fourth-order valence-corrected chi connectivity index (χ4v) is 2.41. The van der Waals surface area contributed by atoms with Crippen LogP contribution in [0.2, 0.25) is 0 Å². The molecule has 0 aliphatic carbocycles. The van der Waals surface area contributed by atoms with Gasteiger partial charge >= 0.3 is 0 Å². The van der Waals surface area contributed by atoms with Gasteiger partial charge in [-0.25, -0.2) is 0 Å². The normalized spacial score (nSPS) is 12.3. The molecule has 5 nitrogen and oxygen atoms in total. The van der Waals surface area contributed by atoms with Crippen LogP contribution in [0.5, 0.6) is 0 Å². The molecule has 0 radical (unpaired) electrons. The summed E-state index contributed by atoms with van der Waals surface area (Å²) in [5, 5.41) is 17.6. The predicted octanol–water partition coefficient (Wildman–Crippen LogP) is 2.29. The van der Waals surface area contributed by atoms with Gasteiger partial charge in [-0.3, -0.25) is 4.79 Å². The number of rotatable bonds is 6. The molecule has 0 saturated carbocycles. The van der Waals surface area contributed by atoms with E-state index in [0.29, 0.717) is 5.76 Å². The van der Waals surface area contributed by atoms with E-state index in [1.807, 2.05) is 24.4 Å². The molecule has 0 bridgehead atoms. The summed E-state index contributed by atoms with van der Waals surface area (Å²) in [6.07, 6.45) is 1.63. The van der Waals surface area contributed by atoms with Crippen LogP contribution in [0.1, 0.15) is 30.3 Å². The van der Waals surface area contributed by atoms with Crippen LogP contribution in [-0.2, 0) is 0 Å². The fourth-order valence-electron chi connectivity index (χ4n) is 1.73. The minimum Gasteiger partial charge on any atom is -0.394 e. The van der Waals surface area contributed by atoms with Crippen LogP contribution in [0.4, 0.5) is 0 Å². The summed E-state index contributed by atoms with van der Waals surface area (Å²) in [5.74, 6) is 0.259. The number of aliphatic hydroxyl groups is 1. The van der Waals surface area contributed by atoms with Gasteiger partial charge in [0, 0.05) is 6.07 Å². The molecule has 2 aromatic heterocycles. The average molecular weight is 280 g/mol. The largest absolute Gasteiger partial charge is 0.394 e. The van der Waals surface area contributed by atoms with Gasteiger partial charge in [-0.1, -0.05) is 24.6 Å². The first-order chi connectivity index (χ1) is 9.24. The molecule has 0 spiro atoms. The molecule has 6 heteroatoms. The van der Waals surface area contributed by atoms with Crippen LogP contribution in [-0.4, -0.2) is 28.8 Å². The number of amides is 1. The molecule has 0 aliphatic rings. The van der Waals surface area contributed by atoms with E-state index >= 15 is 0 Å². The summed E-state index contributed by atoms with van der Waals surface area (Å²) in [4.78, 5) is 12.9. The Morgan fingerprint density at radius 1 is 1.63 bits per heavy atom. The van der Waals surface area contributed by atoms with Crippen LogP contribution >= 0.6 is 11.3 Å². The summed E-state index contributed by atoms with van der Waals surface area (Å²) in [6, 6.07) is 5.19. The van der Waals surface area contributed by atoms with Crippen LogP contribution in [0.25, 0.3) is 10.6 Å². The highest BCUT2D eigenvalue weighted by atomic mass is 32.1. The van der Waals surface area contributed by atoms with E-state index in [9.17, 15) is 4.79 Å². The highest BCUT2D eigenvalue weighted by Crippen LogP contribution is 2.25. The van der Waals surface area contributed by atoms with Crippen LogP contribution < -0.4 is 5.32 Å². The van der Waals surface area contributed by atoms with Crippen molar-refractivity contribution in [2.45, 2.75) is 25.8 Å². The first-order valence-corrected chi connectivity index (χ1v) is 7.05. The number of aliphatic hydroxyl groups excluding tert-OH is 1. The highest BCUT2D eigenvalue weighted by molar-refractivity contribution is 7.13. The Hall–Kier alpha value is -1.66. The van der Waals surface area contributed by atoms with Gasteiger partial charge < -0.3 is 14.9 Å². The van der Waals surface area contributed by atoms with Gasteiger partial charge in [0.15, 0.2) is 11.5 Å². The molecule has 0 aromatic carbocycles. The number of carbonyl (C=O) groups is 1. The van der Waals surface area contributed by atoms with Crippen molar-refractivity contribution >= 4 is 17.2 Å². The first kappa shape index (κ1) is 13.8. The van der Waals surface area contributed by atoms with Gasteiger partial charge in [-0.05, 0) is 17.9 Å². The number of nitrogens with one attached hydrogen (secondary N) is 1. The Morgan fingerprint density at radius 2 is 2.47 bits per heavy atom. The van der Waals surface area contributed by atoms with E-state index in [4.69, 9.17) is 9.63 Å². The number of carbonyl (C=O) groups excluding carboxylic acids is 1. The van der Waals surface area contributed by atoms with Crippen LogP contribution in [0, 0.1) is 0 Å². The summed E-state index contributed by atoms with van der Waals surface area (Å²) in [5.41, 5.74) is 0.234.